The molecule has 0 amide bonds. The van der Waals surface area contributed by atoms with Crippen molar-refractivity contribution in [2.75, 3.05) is 0 Å². The molecule has 0 unspecified atom stereocenters. The third-order valence-corrected chi connectivity index (χ3v) is 2.14. The van der Waals surface area contributed by atoms with E-state index in [1.54, 1.807) is 16.9 Å². The van der Waals surface area contributed by atoms with Gasteiger partial charge in [-0.25, -0.2) is 4.68 Å². The fourth-order valence-corrected chi connectivity index (χ4v) is 1.41. The Morgan fingerprint density at radius 3 is 2.79 bits per heavy atom. The minimum atomic E-state index is 0.569. The van der Waals surface area contributed by atoms with Crippen molar-refractivity contribution in [2.45, 2.75) is 6.92 Å². The van der Waals surface area contributed by atoms with Crippen LogP contribution in [0.3, 0.4) is 0 Å². The van der Waals surface area contributed by atoms with Crippen LogP contribution in [0.15, 0.2) is 36.5 Å². The topological polar surface area (TPSA) is 34.9 Å². The first-order valence-corrected chi connectivity index (χ1v) is 4.38. The van der Waals surface area contributed by atoms with E-state index in [4.69, 9.17) is 0 Å². The SMILES string of the molecule is Cc1ccccc1-n1nccc1C=O. The molecule has 0 bridgehead atoms. The molecule has 0 spiro atoms. The van der Waals surface area contributed by atoms with Crippen molar-refractivity contribution in [3.8, 4) is 5.69 Å². The van der Waals surface area contributed by atoms with Crippen LogP contribution in [0.25, 0.3) is 5.69 Å². The second kappa shape index (κ2) is 3.46. The highest BCUT2D eigenvalue weighted by molar-refractivity contribution is 5.73. The fraction of sp³-hybridized carbons (Fsp3) is 0.0909. The minimum Gasteiger partial charge on any atom is -0.296 e. The van der Waals surface area contributed by atoms with E-state index >= 15 is 0 Å². The Bertz CT molecular complexity index is 460. The molecule has 0 aliphatic heterocycles. The maximum absolute atomic E-state index is 10.7. The van der Waals surface area contributed by atoms with Crippen molar-refractivity contribution < 1.29 is 4.79 Å². The molecule has 0 N–H and O–H groups in total. The summed E-state index contributed by atoms with van der Waals surface area (Å²) in [5, 5.41) is 4.10. The largest absolute Gasteiger partial charge is 0.296 e. The Hall–Kier alpha value is -1.90. The predicted octanol–water partition coefficient (Wildman–Crippen LogP) is 1.99. The van der Waals surface area contributed by atoms with Gasteiger partial charge in [0.05, 0.1) is 11.9 Å². The van der Waals surface area contributed by atoms with Crippen molar-refractivity contribution >= 4 is 6.29 Å². The van der Waals surface area contributed by atoms with Gasteiger partial charge in [-0.1, -0.05) is 18.2 Å². The van der Waals surface area contributed by atoms with Crippen molar-refractivity contribution in [1.82, 2.24) is 9.78 Å². The molecule has 0 saturated carbocycles. The maximum Gasteiger partial charge on any atom is 0.168 e. The lowest BCUT2D eigenvalue weighted by Crippen LogP contribution is -2.02. The van der Waals surface area contributed by atoms with Gasteiger partial charge < -0.3 is 0 Å². The quantitative estimate of drug-likeness (QED) is 0.672. The van der Waals surface area contributed by atoms with Gasteiger partial charge in [0.25, 0.3) is 0 Å². The van der Waals surface area contributed by atoms with Crippen LogP contribution in [0.4, 0.5) is 0 Å². The summed E-state index contributed by atoms with van der Waals surface area (Å²) in [6.07, 6.45) is 2.43. The lowest BCUT2D eigenvalue weighted by molar-refractivity contribution is 0.111. The van der Waals surface area contributed by atoms with Gasteiger partial charge in [0.2, 0.25) is 0 Å². The first kappa shape index (κ1) is 8.69. The molecule has 3 nitrogen and oxygen atoms in total. The smallest absolute Gasteiger partial charge is 0.168 e. The number of aldehydes is 1. The second-order valence-electron chi connectivity index (χ2n) is 3.07. The van der Waals surface area contributed by atoms with Crippen LogP contribution in [0.1, 0.15) is 16.1 Å². The number of aryl methyl sites for hydroxylation is 1. The number of carbonyl (C=O) groups is 1. The Balaban J connectivity index is 2.60. The number of nitrogens with zero attached hydrogens (tertiary/aromatic N) is 2. The number of benzene rings is 1. The average molecular weight is 186 g/mol. The molecular formula is C11H10N2O. The highest BCUT2D eigenvalue weighted by Crippen LogP contribution is 2.13. The highest BCUT2D eigenvalue weighted by atomic mass is 16.1. The van der Waals surface area contributed by atoms with Crippen LogP contribution in [0, 0.1) is 6.92 Å². The second-order valence-corrected chi connectivity index (χ2v) is 3.07. The fourth-order valence-electron chi connectivity index (χ4n) is 1.41. The molecule has 0 radical (unpaired) electrons. The molecule has 2 rings (SSSR count). The lowest BCUT2D eigenvalue weighted by atomic mass is 10.2. The van der Waals surface area contributed by atoms with Gasteiger partial charge in [-0.15, -0.1) is 0 Å². The van der Waals surface area contributed by atoms with Crippen molar-refractivity contribution in [1.29, 1.82) is 0 Å². The normalized spacial score (nSPS) is 10.1. The van der Waals surface area contributed by atoms with E-state index < -0.39 is 0 Å². The number of rotatable bonds is 2. The van der Waals surface area contributed by atoms with Crippen LogP contribution < -0.4 is 0 Å². The molecule has 70 valence electrons. The highest BCUT2D eigenvalue weighted by Gasteiger charge is 2.04. The zero-order chi connectivity index (χ0) is 9.97. The Labute approximate surface area is 82.0 Å². The van der Waals surface area contributed by atoms with Gasteiger partial charge in [0.1, 0.15) is 5.69 Å². The van der Waals surface area contributed by atoms with Crippen LogP contribution in [0.5, 0.6) is 0 Å². The number of hydrogen-bond acceptors (Lipinski definition) is 2. The molecular weight excluding hydrogens is 176 g/mol. The molecule has 0 saturated heterocycles. The molecule has 2 aromatic rings. The Morgan fingerprint density at radius 1 is 1.29 bits per heavy atom. The third kappa shape index (κ3) is 1.33. The van der Waals surface area contributed by atoms with Gasteiger partial charge in [0, 0.05) is 0 Å². The van der Waals surface area contributed by atoms with Gasteiger partial charge in [-0.3, -0.25) is 4.79 Å². The van der Waals surface area contributed by atoms with Crippen LogP contribution in [-0.2, 0) is 0 Å². The number of carbonyl (C=O) groups excluding carboxylic acids is 1. The summed E-state index contributed by atoms with van der Waals surface area (Å²) in [6.45, 7) is 1.99. The number of aromatic nitrogens is 2. The summed E-state index contributed by atoms with van der Waals surface area (Å²) >= 11 is 0. The van der Waals surface area contributed by atoms with Crippen LogP contribution in [0.2, 0.25) is 0 Å². The van der Waals surface area contributed by atoms with E-state index in [0.29, 0.717) is 5.69 Å². The van der Waals surface area contributed by atoms with E-state index in [1.807, 2.05) is 31.2 Å². The monoisotopic (exact) mass is 186 g/mol. The Morgan fingerprint density at radius 2 is 2.07 bits per heavy atom. The molecule has 3 heteroatoms. The molecule has 0 fully saturated rings. The standard InChI is InChI=1S/C11H10N2O/c1-9-4-2-3-5-11(9)13-10(8-14)6-7-12-13/h2-8H,1H3. The van der Waals surface area contributed by atoms with E-state index in [0.717, 1.165) is 17.5 Å². The van der Waals surface area contributed by atoms with Gasteiger partial charge in [-0.05, 0) is 24.6 Å². The lowest BCUT2D eigenvalue weighted by Gasteiger charge is -2.06. The summed E-state index contributed by atoms with van der Waals surface area (Å²) in [6, 6.07) is 9.52. The van der Waals surface area contributed by atoms with Gasteiger partial charge >= 0.3 is 0 Å². The maximum atomic E-state index is 10.7. The summed E-state index contributed by atoms with van der Waals surface area (Å²) in [5.74, 6) is 0. The van der Waals surface area contributed by atoms with E-state index in [2.05, 4.69) is 5.10 Å². The molecule has 0 aliphatic carbocycles. The molecule has 1 aromatic carbocycles. The summed E-state index contributed by atoms with van der Waals surface area (Å²) in [5.41, 5.74) is 2.61. The zero-order valence-electron chi connectivity index (χ0n) is 7.84. The van der Waals surface area contributed by atoms with E-state index in [-0.39, 0.29) is 0 Å². The van der Waals surface area contributed by atoms with Crippen molar-refractivity contribution in [3.63, 3.8) is 0 Å². The average Bonchev–Trinajstić information content (AvgIpc) is 2.66. The van der Waals surface area contributed by atoms with Crippen LogP contribution >= 0.6 is 0 Å². The molecule has 0 aliphatic rings. The molecule has 14 heavy (non-hydrogen) atoms. The first-order valence-electron chi connectivity index (χ1n) is 4.38. The van der Waals surface area contributed by atoms with Gasteiger partial charge in [0.15, 0.2) is 6.29 Å². The number of hydrogen-bond donors (Lipinski definition) is 0. The summed E-state index contributed by atoms with van der Waals surface area (Å²) in [7, 11) is 0. The molecule has 1 heterocycles. The van der Waals surface area contributed by atoms with E-state index in [1.165, 1.54) is 0 Å². The van der Waals surface area contributed by atoms with E-state index in [9.17, 15) is 4.79 Å². The number of para-hydroxylation sites is 1. The minimum absolute atomic E-state index is 0.569. The molecule has 0 atom stereocenters. The van der Waals surface area contributed by atoms with Crippen molar-refractivity contribution in [2.24, 2.45) is 0 Å². The molecule has 1 aromatic heterocycles. The first-order chi connectivity index (χ1) is 6.83. The summed E-state index contributed by atoms with van der Waals surface area (Å²) in [4.78, 5) is 10.7. The van der Waals surface area contributed by atoms with Crippen molar-refractivity contribution in [3.05, 3.63) is 47.8 Å². The van der Waals surface area contributed by atoms with Gasteiger partial charge in [-0.2, -0.15) is 5.10 Å². The summed E-state index contributed by atoms with van der Waals surface area (Å²) < 4.78 is 1.64. The predicted molar refractivity (Wildman–Crippen MR) is 53.7 cm³/mol. The third-order valence-electron chi connectivity index (χ3n) is 2.14. The Kier molecular flexibility index (Phi) is 2.14. The zero-order valence-corrected chi connectivity index (χ0v) is 7.84. The van der Waals surface area contributed by atoms with Crippen LogP contribution in [-0.4, -0.2) is 16.1 Å².